The van der Waals surface area contributed by atoms with Crippen LogP contribution in [0.15, 0.2) is 128 Å². The molecule has 2 N–H and O–H groups in total. The molecular weight excluding hydrogens is 934 g/mol. The highest BCUT2D eigenvalue weighted by Crippen LogP contribution is 2.38. The predicted molar refractivity (Wildman–Crippen MR) is 247 cm³/mol. The van der Waals surface area contributed by atoms with Crippen LogP contribution in [0.3, 0.4) is 0 Å². The minimum atomic E-state index is -3.99. The summed E-state index contributed by atoms with van der Waals surface area (Å²) in [7, 11) is -7.97. The quantitative estimate of drug-likeness (QED) is 0.107. The first kappa shape index (κ1) is 49.4. The lowest BCUT2D eigenvalue weighted by molar-refractivity contribution is 0.0485. The van der Waals surface area contributed by atoms with Gasteiger partial charge in [-0.05, 0) is 112 Å². The van der Waals surface area contributed by atoms with Crippen LogP contribution >= 0.6 is 23.2 Å². The lowest BCUT2D eigenvalue weighted by Gasteiger charge is -2.40. The zero-order valence-electron chi connectivity index (χ0n) is 36.4. The molecule has 4 aromatic carbocycles. The van der Waals surface area contributed by atoms with Crippen LogP contribution in [0.1, 0.15) is 76.3 Å². The summed E-state index contributed by atoms with van der Waals surface area (Å²) in [5, 5.41) is 21.7. The van der Waals surface area contributed by atoms with Gasteiger partial charge in [0.2, 0.25) is 31.8 Å². The molecule has 2 unspecified atom stereocenters. The van der Waals surface area contributed by atoms with Gasteiger partial charge < -0.3 is 19.0 Å². The van der Waals surface area contributed by atoms with E-state index in [-0.39, 0.29) is 57.6 Å². The topological polar surface area (TPSA) is 167 Å². The summed E-state index contributed by atoms with van der Waals surface area (Å²) in [5.74, 6) is -1.01. The lowest BCUT2D eigenvalue weighted by atomic mass is 9.81. The molecule has 12 nitrogen and oxygen atoms in total. The standard InChI is InChI=1S/2C24H26ClFN2O4S/c2*1-16(29)21-4-2-3-5-23(21)28(33(30,31)20-10-8-19(25)9-11-20)15-18-7-6-17(14-22(18)26)24-27-12-13-32-24/h2*6-14,16,21,23,29H,2-5,15H2,1H3/t2*16?,21-,23+/m00/s1. The van der Waals surface area contributed by atoms with Gasteiger partial charge in [-0.15, -0.1) is 0 Å². The molecule has 0 amide bonds. The highest BCUT2D eigenvalue weighted by Gasteiger charge is 2.41. The molecule has 18 heteroatoms. The van der Waals surface area contributed by atoms with Crippen LogP contribution in [-0.2, 0) is 33.1 Å². The first-order valence-corrected chi connectivity index (χ1v) is 25.5. The fraction of sp³-hybridized carbons (Fsp3) is 0.375. The molecule has 0 radical (unpaired) electrons. The maximum absolute atomic E-state index is 15.1. The molecule has 2 aliphatic rings. The van der Waals surface area contributed by atoms with Crippen LogP contribution in [-0.4, -0.2) is 69.9 Å². The Morgan fingerprint density at radius 2 is 0.970 bits per heavy atom. The van der Waals surface area contributed by atoms with Gasteiger partial charge in [0.05, 0.1) is 34.4 Å². The highest BCUT2D eigenvalue weighted by molar-refractivity contribution is 7.89. The summed E-state index contributed by atoms with van der Waals surface area (Å²) in [5.41, 5.74) is 1.40. The summed E-state index contributed by atoms with van der Waals surface area (Å²) in [6.07, 6.45) is 10.5. The summed E-state index contributed by atoms with van der Waals surface area (Å²) in [6, 6.07) is 20.0. The van der Waals surface area contributed by atoms with Crippen LogP contribution in [0.2, 0.25) is 10.0 Å². The Hall–Kier alpha value is -4.52. The molecule has 0 spiro atoms. The van der Waals surface area contributed by atoms with Gasteiger partial charge >= 0.3 is 0 Å². The van der Waals surface area contributed by atoms with E-state index in [1.807, 2.05) is 0 Å². The molecule has 0 bridgehead atoms. The Bertz CT molecular complexity index is 2560. The largest absolute Gasteiger partial charge is 0.445 e. The molecule has 6 atom stereocenters. The second kappa shape index (κ2) is 21.6. The highest BCUT2D eigenvalue weighted by atomic mass is 35.5. The number of hydrogen-bond acceptors (Lipinski definition) is 10. The van der Waals surface area contributed by atoms with Gasteiger partial charge in [0, 0.05) is 69.3 Å². The third kappa shape index (κ3) is 11.4. The number of aliphatic hydroxyl groups is 2. The fourth-order valence-corrected chi connectivity index (χ4v) is 12.7. The molecule has 0 saturated heterocycles. The maximum Gasteiger partial charge on any atom is 0.243 e. The van der Waals surface area contributed by atoms with E-state index >= 15 is 8.78 Å². The minimum Gasteiger partial charge on any atom is -0.445 e. The molecule has 352 valence electrons. The first-order chi connectivity index (χ1) is 31.5. The van der Waals surface area contributed by atoms with Gasteiger partial charge in [-0.25, -0.2) is 35.6 Å². The van der Waals surface area contributed by atoms with E-state index in [0.717, 1.165) is 25.7 Å². The SMILES string of the molecule is CC(O)[C@@H]1CCCC[C@H]1N(Cc1ccc(-c2ncco2)cc1F)S(=O)(=O)c1ccc(Cl)cc1.CC(O)[C@@H]1CCCC[C@H]1N(Cc1ccc(-c2ncco2)cc1F)S(=O)(=O)c1ccc(Cl)cc1. The number of hydrogen-bond donors (Lipinski definition) is 2. The molecule has 2 heterocycles. The van der Waals surface area contributed by atoms with Crippen LogP contribution in [0, 0.1) is 23.5 Å². The zero-order valence-corrected chi connectivity index (χ0v) is 39.5. The number of aromatic nitrogens is 2. The number of halogens is 4. The summed E-state index contributed by atoms with van der Waals surface area (Å²) >= 11 is 11.9. The molecule has 8 rings (SSSR count). The number of nitrogens with zero attached hydrogens (tertiary/aromatic N) is 4. The van der Waals surface area contributed by atoms with Crippen molar-refractivity contribution >= 4 is 43.2 Å². The van der Waals surface area contributed by atoms with Gasteiger partial charge in [-0.1, -0.05) is 61.0 Å². The molecule has 0 aliphatic heterocycles. The van der Waals surface area contributed by atoms with Gasteiger partial charge in [0.25, 0.3) is 0 Å². The molecule has 6 aromatic rings. The number of benzene rings is 4. The number of sulfonamides is 2. The third-order valence-electron chi connectivity index (χ3n) is 12.5. The van der Waals surface area contributed by atoms with E-state index in [4.69, 9.17) is 32.0 Å². The number of oxazole rings is 2. The Labute approximate surface area is 394 Å². The van der Waals surface area contributed by atoms with Crippen molar-refractivity contribution in [1.29, 1.82) is 0 Å². The summed E-state index contributed by atoms with van der Waals surface area (Å²) in [6.45, 7) is 3.05. The molecule has 66 heavy (non-hydrogen) atoms. The minimum absolute atomic E-state index is 0.0821. The maximum atomic E-state index is 15.1. The van der Waals surface area contributed by atoms with E-state index in [2.05, 4.69) is 9.97 Å². The molecular formula is C48H52Cl2F2N4O8S2. The fourth-order valence-electron chi connectivity index (χ4n) is 9.05. The predicted octanol–water partition coefficient (Wildman–Crippen LogP) is 10.5. The van der Waals surface area contributed by atoms with E-state index in [1.54, 1.807) is 38.1 Å². The van der Waals surface area contributed by atoms with Gasteiger partial charge in [0.1, 0.15) is 24.2 Å². The second-order valence-corrected chi connectivity index (χ2v) is 21.5. The van der Waals surface area contributed by atoms with E-state index in [9.17, 15) is 27.0 Å². The van der Waals surface area contributed by atoms with E-state index < -0.39 is 56.0 Å². The van der Waals surface area contributed by atoms with Crippen molar-refractivity contribution in [3.63, 3.8) is 0 Å². The van der Waals surface area contributed by atoms with Gasteiger partial charge in [-0.2, -0.15) is 8.61 Å². The Kier molecular flexibility index (Phi) is 16.2. The van der Waals surface area contributed by atoms with Crippen molar-refractivity contribution in [2.24, 2.45) is 11.8 Å². The molecule has 2 aliphatic carbocycles. The number of aliphatic hydroxyl groups excluding tert-OH is 2. The van der Waals surface area contributed by atoms with Crippen molar-refractivity contribution in [3.8, 4) is 22.9 Å². The van der Waals surface area contributed by atoms with E-state index in [0.29, 0.717) is 46.9 Å². The normalized spacial score (nSPS) is 20.2. The Morgan fingerprint density at radius 1 is 0.606 bits per heavy atom. The smallest absolute Gasteiger partial charge is 0.243 e. The average Bonchev–Trinajstić information content (AvgIpc) is 4.05. The van der Waals surface area contributed by atoms with Crippen molar-refractivity contribution in [1.82, 2.24) is 18.6 Å². The van der Waals surface area contributed by atoms with Crippen LogP contribution in [0.25, 0.3) is 22.9 Å². The van der Waals surface area contributed by atoms with Crippen LogP contribution in [0.4, 0.5) is 8.78 Å². The first-order valence-electron chi connectivity index (χ1n) is 21.8. The summed E-state index contributed by atoms with van der Waals surface area (Å²) in [4.78, 5) is 8.22. The van der Waals surface area contributed by atoms with E-state index in [1.165, 1.54) is 94.2 Å². The zero-order chi connectivity index (χ0) is 47.2. The third-order valence-corrected chi connectivity index (χ3v) is 16.8. The lowest BCUT2D eigenvalue weighted by Crippen LogP contribution is -2.48. The second-order valence-electron chi connectivity index (χ2n) is 16.8. The molecule has 2 fully saturated rings. The average molecular weight is 986 g/mol. The van der Waals surface area contributed by atoms with Crippen LogP contribution < -0.4 is 0 Å². The number of rotatable bonds is 14. The molecule has 2 saturated carbocycles. The van der Waals surface area contributed by atoms with Crippen molar-refractivity contribution in [2.75, 3.05) is 0 Å². The van der Waals surface area contributed by atoms with Gasteiger partial charge in [0.15, 0.2) is 0 Å². The monoisotopic (exact) mass is 984 g/mol. The molecule has 2 aromatic heterocycles. The van der Waals surface area contributed by atoms with Gasteiger partial charge in [-0.3, -0.25) is 0 Å². The summed E-state index contributed by atoms with van der Waals surface area (Å²) < 4.78 is 98.3. The van der Waals surface area contributed by atoms with Crippen molar-refractivity contribution < 1.29 is 44.7 Å². The van der Waals surface area contributed by atoms with Crippen LogP contribution in [0.5, 0.6) is 0 Å². The van der Waals surface area contributed by atoms with Crippen molar-refractivity contribution in [2.45, 2.75) is 112 Å². The Morgan fingerprint density at radius 3 is 1.29 bits per heavy atom. The van der Waals surface area contributed by atoms with Crippen molar-refractivity contribution in [3.05, 3.63) is 143 Å². The Balaban J connectivity index is 0.000000196.